The van der Waals surface area contributed by atoms with E-state index in [2.05, 4.69) is 0 Å². The van der Waals surface area contributed by atoms with E-state index in [0.29, 0.717) is 6.42 Å². The standard InChI is InChI=1S/C9H12O4/c1-6(10)12-8-4-3-5-9(8)13-7(2)11/h3-4,8-9H,5H2,1-2H3. The van der Waals surface area contributed by atoms with E-state index in [1.807, 2.05) is 6.08 Å². The molecule has 0 heterocycles. The fourth-order valence-electron chi connectivity index (χ4n) is 1.24. The van der Waals surface area contributed by atoms with Crippen molar-refractivity contribution in [3.63, 3.8) is 0 Å². The molecule has 4 heteroatoms. The molecular weight excluding hydrogens is 172 g/mol. The Balaban J connectivity index is 2.47. The Bertz CT molecular complexity index is 244. The largest absolute Gasteiger partial charge is 0.458 e. The second-order valence-corrected chi connectivity index (χ2v) is 2.89. The minimum absolute atomic E-state index is 0.346. The number of hydrogen-bond donors (Lipinski definition) is 0. The third-order valence-electron chi connectivity index (χ3n) is 1.68. The first kappa shape index (κ1) is 9.77. The summed E-state index contributed by atoms with van der Waals surface area (Å²) in [6.07, 6.45) is 3.41. The van der Waals surface area contributed by atoms with Crippen LogP contribution in [0.1, 0.15) is 20.3 Å². The monoisotopic (exact) mass is 184 g/mol. The fraction of sp³-hybridized carbons (Fsp3) is 0.556. The van der Waals surface area contributed by atoms with Gasteiger partial charge in [0.1, 0.15) is 6.10 Å². The summed E-state index contributed by atoms with van der Waals surface area (Å²) >= 11 is 0. The van der Waals surface area contributed by atoms with Crippen LogP contribution in [0.2, 0.25) is 0 Å². The quantitative estimate of drug-likeness (QED) is 0.470. The number of esters is 2. The van der Waals surface area contributed by atoms with Gasteiger partial charge in [0, 0.05) is 20.3 Å². The molecule has 1 aliphatic rings. The smallest absolute Gasteiger partial charge is 0.303 e. The lowest BCUT2D eigenvalue weighted by molar-refractivity contribution is -0.160. The Hall–Kier alpha value is -1.32. The molecule has 2 unspecified atom stereocenters. The highest BCUT2D eigenvalue weighted by atomic mass is 16.6. The average molecular weight is 184 g/mol. The molecule has 72 valence electrons. The number of carbonyl (C=O) groups excluding carboxylic acids is 2. The van der Waals surface area contributed by atoms with Gasteiger partial charge >= 0.3 is 11.9 Å². The molecular formula is C9H12O4. The van der Waals surface area contributed by atoms with Crippen LogP contribution in [0.4, 0.5) is 0 Å². The molecule has 0 amide bonds. The van der Waals surface area contributed by atoms with Gasteiger partial charge in [-0.3, -0.25) is 9.59 Å². The molecule has 4 nitrogen and oxygen atoms in total. The van der Waals surface area contributed by atoms with Crippen molar-refractivity contribution >= 4 is 11.9 Å². The second kappa shape index (κ2) is 4.07. The molecule has 0 aromatic carbocycles. The van der Waals surface area contributed by atoms with Gasteiger partial charge in [0.05, 0.1) is 0 Å². The summed E-state index contributed by atoms with van der Waals surface area (Å²) in [7, 11) is 0. The molecule has 0 aromatic rings. The van der Waals surface area contributed by atoms with Crippen molar-refractivity contribution in [2.24, 2.45) is 0 Å². The summed E-state index contributed by atoms with van der Waals surface area (Å²) in [5.41, 5.74) is 0. The van der Waals surface area contributed by atoms with Crippen molar-refractivity contribution < 1.29 is 19.1 Å². The van der Waals surface area contributed by atoms with E-state index >= 15 is 0 Å². The predicted molar refractivity (Wildman–Crippen MR) is 44.9 cm³/mol. The molecule has 0 saturated heterocycles. The van der Waals surface area contributed by atoms with Crippen molar-refractivity contribution in [3.05, 3.63) is 12.2 Å². The molecule has 0 radical (unpaired) electrons. The van der Waals surface area contributed by atoms with Crippen LogP contribution in [-0.4, -0.2) is 24.1 Å². The van der Waals surface area contributed by atoms with E-state index in [0.717, 1.165) is 0 Å². The summed E-state index contributed by atoms with van der Waals surface area (Å²) in [6.45, 7) is 2.67. The van der Waals surface area contributed by atoms with Crippen LogP contribution < -0.4 is 0 Å². The highest BCUT2D eigenvalue weighted by Crippen LogP contribution is 2.18. The topological polar surface area (TPSA) is 52.6 Å². The highest BCUT2D eigenvalue weighted by molar-refractivity contribution is 5.67. The lowest BCUT2D eigenvalue weighted by atomic mass is 10.2. The maximum absolute atomic E-state index is 10.6. The molecule has 1 rings (SSSR count). The van der Waals surface area contributed by atoms with Crippen molar-refractivity contribution in [3.8, 4) is 0 Å². The molecule has 0 aromatic heterocycles. The molecule has 0 aliphatic heterocycles. The SMILES string of the molecule is CC(=O)OC1C=CCC1OC(C)=O. The Morgan fingerprint density at radius 1 is 1.23 bits per heavy atom. The van der Waals surface area contributed by atoms with Crippen LogP contribution in [0.15, 0.2) is 12.2 Å². The highest BCUT2D eigenvalue weighted by Gasteiger charge is 2.27. The van der Waals surface area contributed by atoms with Gasteiger partial charge in [0.15, 0.2) is 6.10 Å². The lowest BCUT2D eigenvalue weighted by Crippen LogP contribution is -2.29. The van der Waals surface area contributed by atoms with E-state index in [-0.39, 0.29) is 18.0 Å². The minimum atomic E-state index is -0.415. The van der Waals surface area contributed by atoms with Crippen LogP contribution in [0.5, 0.6) is 0 Å². The zero-order valence-corrected chi connectivity index (χ0v) is 7.65. The number of carbonyl (C=O) groups is 2. The molecule has 1 aliphatic carbocycles. The summed E-state index contributed by atoms with van der Waals surface area (Å²) in [5, 5.41) is 0. The third kappa shape index (κ3) is 2.89. The van der Waals surface area contributed by atoms with Crippen molar-refractivity contribution in [2.45, 2.75) is 32.5 Å². The van der Waals surface area contributed by atoms with Crippen LogP contribution in [0.25, 0.3) is 0 Å². The van der Waals surface area contributed by atoms with Crippen molar-refractivity contribution in [1.29, 1.82) is 0 Å². The fourth-order valence-corrected chi connectivity index (χ4v) is 1.24. The van der Waals surface area contributed by atoms with Crippen LogP contribution >= 0.6 is 0 Å². The van der Waals surface area contributed by atoms with Crippen LogP contribution in [0, 0.1) is 0 Å². The lowest BCUT2D eigenvalue weighted by Gasteiger charge is -2.18. The molecule has 0 spiro atoms. The van der Waals surface area contributed by atoms with E-state index in [1.54, 1.807) is 6.08 Å². The Morgan fingerprint density at radius 2 is 1.85 bits per heavy atom. The van der Waals surface area contributed by atoms with Gasteiger partial charge in [-0.25, -0.2) is 0 Å². The normalized spacial score (nSPS) is 25.7. The summed E-state index contributed by atoms with van der Waals surface area (Å²) in [5.74, 6) is -0.723. The van der Waals surface area contributed by atoms with E-state index in [1.165, 1.54) is 13.8 Å². The molecule has 13 heavy (non-hydrogen) atoms. The van der Waals surface area contributed by atoms with Gasteiger partial charge in [0.25, 0.3) is 0 Å². The van der Waals surface area contributed by atoms with E-state index in [9.17, 15) is 9.59 Å². The van der Waals surface area contributed by atoms with E-state index in [4.69, 9.17) is 9.47 Å². The van der Waals surface area contributed by atoms with Crippen LogP contribution in [-0.2, 0) is 19.1 Å². The maximum Gasteiger partial charge on any atom is 0.303 e. The number of hydrogen-bond acceptors (Lipinski definition) is 4. The zero-order valence-electron chi connectivity index (χ0n) is 7.65. The first-order valence-electron chi connectivity index (χ1n) is 4.10. The van der Waals surface area contributed by atoms with Gasteiger partial charge in [-0.15, -0.1) is 0 Å². The maximum atomic E-state index is 10.6. The number of rotatable bonds is 2. The Morgan fingerprint density at radius 3 is 2.38 bits per heavy atom. The molecule has 0 N–H and O–H groups in total. The molecule has 0 fully saturated rings. The van der Waals surface area contributed by atoms with Gasteiger partial charge in [-0.1, -0.05) is 6.08 Å². The van der Waals surface area contributed by atoms with Gasteiger partial charge in [-0.2, -0.15) is 0 Å². The Labute approximate surface area is 76.5 Å². The first-order valence-corrected chi connectivity index (χ1v) is 4.10. The minimum Gasteiger partial charge on any atom is -0.458 e. The molecule has 2 atom stereocenters. The Kier molecular flexibility index (Phi) is 3.06. The van der Waals surface area contributed by atoms with Crippen LogP contribution in [0.3, 0.4) is 0 Å². The summed E-state index contributed by atoms with van der Waals surface area (Å²) in [4.78, 5) is 21.3. The predicted octanol–water partition coefficient (Wildman–Crippen LogP) is 0.810. The number of ether oxygens (including phenoxy) is 2. The van der Waals surface area contributed by atoms with Gasteiger partial charge in [-0.05, 0) is 6.08 Å². The average Bonchev–Trinajstić information content (AvgIpc) is 2.34. The molecule has 0 bridgehead atoms. The van der Waals surface area contributed by atoms with Crippen molar-refractivity contribution in [1.82, 2.24) is 0 Å². The third-order valence-corrected chi connectivity index (χ3v) is 1.68. The summed E-state index contributed by atoms with van der Waals surface area (Å²) in [6, 6.07) is 0. The first-order chi connectivity index (χ1) is 6.09. The van der Waals surface area contributed by atoms with Gasteiger partial charge in [0.2, 0.25) is 0 Å². The zero-order chi connectivity index (χ0) is 9.84. The summed E-state index contributed by atoms with van der Waals surface area (Å²) < 4.78 is 9.87. The van der Waals surface area contributed by atoms with E-state index < -0.39 is 6.10 Å². The van der Waals surface area contributed by atoms with Gasteiger partial charge < -0.3 is 9.47 Å². The second-order valence-electron chi connectivity index (χ2n) is 2.89. The molecule has 0 saturated carbocycles. The van der Waals surface area contributed by atoms with Crippen molar-refractivity contribution in [2.75, 3.05) is 0 Å².